The molecule has 1 saturated heterocycles. The van der Waals surface area contributed by atoms with E-state index < -0.39 is 0 Å². The molecule has 0 amide bonds. The van der Waals surface area contributed by atoms with Gasteiger partial charge in [-0.25, -0.2) is 0 Å². The first-order valence-electron chi connectivity index (χ1n) is 5.56. The average Bonchev–Trinajstić information content (AvgIpc) is 2.88. The van der Waals surface area contributed by atoms with Gasteiger partial charge in [0, 0.05) is 23.9 Å². The standard InChI is InChI=1S/C12H16N2/c1-3-10(9-13-7-1)12(5-6-12)11-4-2-8-14-11/h1,3,7,9,11,14H,2,4-6,8H2. The molecule has 1 aromatic rings. The van der Waals surface area contributed by atoms with E-state index in [0.29, 0.717) is 11.5 Å². The predicted molar refractivity (Wildman–Crippen MR) is 56.2 cm³/mol. The SMILES string of the molecule is c1cncc(C2(C3CCCN3)CC2)c1. The lowest BCUT2D eigenvalue weighted by Gasteiger charge is -2.23. The van der Waals surface area contributed by atoms with E-state index in [0.717, 1.165) is 0 Å². The van der Waals surface area contributed by atoms with Crippen LogP contribution in [0.2, 0.25) is 0 Å². The van der Waals surface area contributed by atoms with Gasteiger partial charge in [-0.1, -0.05) is 6.07 Å². The minimum absolute atomic E-state index is 0.449. The molecule has 0 aromatic carbocycles. The number of aromatic nitrogens is 1. The Hall–Kier alpha value is -0.890. The van der Waals surface area contributed by atoms with Crippen molar-refractivity contribution in [1.82, 2.24) is 10.3 Å². The summed E-state index contributed by atoms with van der Waals surface area (Å²) >= 11 is 0. The molecule has 74 valence electrons. The van der Waals surface area contributed by atoms with E-state index in [1.54, 1.807) is 0 Å². The fourth-order valence-corrected chi connectivity index (χ4v) is 2.79. The second-order valence-corrected chi connectivity index (χ2v) is 4.55. The second-order valence-electron chi connectivity index (χ2n) is 4.55. The summed E-state index contributed by atoms with van der Waals surface area (Å²) in [5.41, 5.74) is 1.89. The lowest BCUT2D eigenvalue weighted by molar-refractivity contribution is 0.471. The Morgan fingerprint density at radius 1 is 1.43 bits per heavy atom. The Morgan fingerprint density at radius 2 is 2.36 bits per heavy atom. The van der Waals surface area contributed by atoms with E-state index in [4.69, 9.17) is 0 Å². The van der Waals surface area contributed by atoms with Gasteiger partial charge in [-0.3, -0.25) is 4.98 Å². The van der Waals surface area contributed by atoms with Crippen LogP contribution in [0.15, 0.2) is 24.5 Å². The number of nitrogens with one attached hydrogen (secondary N) is 1. The Morgan fingerprint density at radius 3 is 2.93 bits per heavy atom. The second kappa shape index (κ2) is 3.06. The van der Waals surface area contributed by atoms with Crippen LogP contribution in [0, 0.1) is 0 Å². The maximum atomic E-state index is 4.23. The number of hydrogen-bond donors (Lipinski definition) is 1. The van der Waals surface area contributed by atoms with Crippen molar-refractivity contribution in [2.75, 3.05) is 6.54 Å². The summed E-state index contributed by atoms with van der Waals surface area (Å²) in [4.78, 5) is 4.23. The third-order valence-corrected chi connectivity index (χ3v) is 3.75. The van der Waals surface area contributed by atoms with Crippen LogP contribution in [0.1, 0.15) is 31.2 Å². The van der Waals surface area contributed by atoms with Crippen molar-refractivity contribution in [3.05, 3.63) is 30.1 Å². The van der Waals surface area contributed by atoms with Gasteiger partial charge >= 0.3 is 0 Å². The molecule has 1 saturated carbocycles. The van der Waals surface area contributed by atoms with Gasteiger partial charge in [-0.2, -0.15) is 0 Å². The van der Waals surface area contributed by atoms with E-state index in [-0.39, 0.29) is 0 Å². The summed E-state index contributed by atoms with van der Waals surface area (Å²) in [6.07, 6.45) is 9.28. The Kier molecular flexibility index (Phi) is 1.84. The number of rotatable bonds is 2. The molecule has 1 aliphatic heterocycles. The highest BCUT2D eigenvalue weighted by molar-refractivity contribution is 5.32. The fraction of sp³-hybridized carbons (Fsp3) is 0.583. The molecule has 2 fully saturated rings. The van der Waals surface area contributed by atoms with Gasteiger partial charge in [0.15, 0.2) is 0 Å². The van der Waals surface area contributed by atoms with Crippen LogP contribution in [0.25, 0.3) is 0 Å². The van der Waals surface area contributed by atoms with Gasteiger partial charge in [0.1, 0.15) is 0 Å². The van der Waals surface area contributed by atoms with Crippen molar-refractivity contribution >= 4 is 0 Å². The average molecular weight is 188 g/mol. The van der Waals surface area contributed by atoms with Gasteiger partial charge in [0.05, 0.1) is 0 Å². The first-order chi connectivity index (χ1) is 6.92. The van der Waals surface area contributed by atoms with Gasteiger partial charge in [0.2, 0.25) is 0 Å². The van der Waals surface area contributed by atoms with E-state index >= 15 is 0 Å². The Bertz CT molecular complexity index is 310. The molecule has 1 N–H and O–H groups in total. The van der Waals surface area contributed by atoms with Crippen LogP contribution < -0.4 is 5.32 Å². The topological polar surface area (TPSA) is 24.9 Å². The summed E-state index contributed by atoms with van der Waals surface area (Å²) in [6.45, 7) is 1.20. The maximum absolute atomic E-state index is 4.23. The van der Waals surface area contributed by atoms with Crippen molar-refractivity contribution in [2.24, 2.45) is 0 Å². The highest BCUT2D eigenvalue weighted by atomic mass is 15.0. The van der Waals surface area contributed by atoms with Crippen LogP contribution in [0.4, 0.5) is 0 Å². The first kappa shape index (κ1) is 8.42. The molecule has 2 nitrogen and oxygen atoms in total. The molecule has 1 unspecified atom stereocenters. The summed E-state index contributed by atoms with van der Waals surface area (Å²) in [5.74, 6) is 0. The zero-order valence-corrected chi connectivity index (χ0v) is 8.37. The number of hydrogen-bond acceptors (Lipinski definition) is 2. The first-order valence-corrected chi connectivity index (χ1v) is 5.56. The minimum Gasteiger partial charge on any atom is -0.313 e. The molecule has 1 aliphatic carbocycles. The van der Waals surface area contributed by atoms with Crippen LogP contribution in [-0.2, 0) is 5.41 Å². The highest BCUT2D eigenvalue weighted by Crippen LogP contribution is 2.52. The van der Waals surface area contributed by atoms with E-state index in [1.807, 2.05) is 12.4 Å². The zero-order chi connectivity index (χ0) is 9.43. The van der Waals surface area contributed by atoms with Gasteiger partial charge in [-0.15, -0.1) is 0 Å². The molecule has 0 radical (unpaired) electrons. The predicted octanol–water partition coefficient (Wildman–Crippen LogP) is 1.87. The smallest absolute Gasteiger partial charge is 0.0306 e. The lowest BCUT2D eigenvalue weighted by Crippen LogP contribution is -2.34. The quantitative estimate of drug-likeness (QED) is 0.766. The van der Waals surface area contributed by atoms with Gasteiger partial charge in [0.25, 0.3) is 0 Å². The van der Waals surface area contributed by atoms with Crippen LogP contribution in [0.3, 0.4) is 0 Å². The summed E-state index contributed by atoms with van der Waals surface area (Å²) < 4.78 is 0. The van der Waals surface area contributed by atoms with Crippen molar-refractivity contribution in [2.45, 2.75) is 37.1 Å². The minimum atomic E-state index is 0.449. The molecule has 14 heavy (non-hydrogen) atoms. The van der Waals surface area contributed by atoms with Crippen molar-refractivity contribution < 1.29 is 0 Å². The lowest BCUT2D eigenvalue weighted by atomic mass is 9.88. The maximum Gasteiger partial charge on any atom is 0.0306 e. The van der Waals surface area contributed by atoms with E-state index in [9.17, 15) is 0 Å². The fourth-order valence-electron chi connectivity index (χ4n) is 2.79. The van der Waals surface area contributed by atoms with Crippen LogP contribution >= 0.6 is 0 Å². The summed E-state index contributed by atoms with van der Waals surface area (Å²) in [5, 5.41) is 3.63. The molecule has 2 heteroatoms. The third kappa shape index (κ3) is 1.17. The number of pyridine rings is 1. The zero-order valence-electron chi connectivity index (χ0n) is 8.37. The van der Waals surface area contributed by atoms with Gasteiger partial charge in [-0.05, 0) is 43.9 Å². The molecular formula is C12H16N2. The highest BCUT2D eigenvalue weighted by Gasteiger charge is 2.51. The summed E-state index contributed by atoms with van der Waals surface area (Å²) in [7, 11) is 0. The Balaban J connectivity index is 1.89. The summed E-state index contributed by atoms with van der Waals surface area (Å²) in [6, 6.07) is 5.01. The van der Waals surface area contributed by atoms with Gasteiger partial charge < -0.3 is 5.32 Å². The van der Waals surface area contributed by atoms with Crippen molar-refractivity contribution in [1.29, 1.82) is 0 Å². The molecule has 2 aliphatic rings. The normalized spacial score (nSPS) is 29.0. The molecular weight excluding hydrogens is 172 g/mol. The Labute approximate surface area is 84.7 Å². The van der Waals surface area contributed by atoms with Crippen molar-refractivity contribution in [3.8, 4) is 0 Å². The molecule has 0 bridgehead atoms. The number of nitrogens with zero attached hydrogens (tertiary/aromatic N) is 1. The van der Waals surface area contributed by atoms with Crippen molar-refractivity contribution in [3.63, 3.8) is 0 Å². The molecule has 2 heterocycles. The molecule has 1 aromatic heterocycles. The van der Waals surface area contributed by atoms with Crippen LogP contribution in [0.5, 0.6) is 0 Å². The van der Waals surface area contributed by atoms with Crippen LogP contribution in [-0.4, -0.2) is 17.6 Å². The van der Waals surface area contributed by atoms with E-state index in [1.165, 1.54) is 37.8 Å². The monoisotopic (exact) mass is 188 g/mol. The van der Waals surface area contributed by atoms with E-state index in [2.05, 4.69) is 22.4 Å². The molecule has 3 rings (SSSR count). The molecule has 1 atom stereocenters. The molecule has 0 spiro atoms. The largest absolute Gasteiger partial charge is 0.313 e. The third-order valence-electron chi connectivity index (χ3n) is 3.75.